The standard InChI is InChI=1S/C14H22N2O/c1-11(13-7-3-4-8-14(13)17)15-10-12-6-5-9-16(12)2/h3-4,7-8,11-12,15,17H,5-6,9-10H2,1-2H3. The van der Waals surface area contributed by atoms with E-state index in [1.165, 1.54) is 19.4 Å². The van der Waals surface area contributed by atoms with Gasteiger partial charge in [0, 0.05) is 24.2 Å². The van der Waals surface area contributed by atoms with Crippen molar-refractivity contribution < 1.29 is 5.11 Å². The summed E-state index contributed by atoms with van der Waals surface area (Å²) in [5.41, 5.74) is 0.980. The van der Waals surface area contributed by atoms with Gasteiger partial charge in [-0.05, 0) is 39.4 Å². The summed E-state index contributed by atoms with van der Waals surface area (Å²) < 4.78 is 0. The van der Waals surface area contributed by atoms with Crippen molar-refractivity contribution >= 4 is 0 Å². The molecule has 1 aromatic rings. The van der Waals surface area contributed by atoms with Crippen molar-refractivity contribution in [2.75, 3.05) is 20.1 Å². The summed E-state index contributed by atoms with van der Waals surface area (Å²) in [7, 11) is 2.18. The summed E-state index contributed by atoms with van der Waals surface area (Å²) in [5.74, 6) is 0.382. The van der Waals surface area contributed by atoms with Gasteiger partial charge < -0.3 is 15.3 Å². The molecule has 1 saturated heterocycles. The van der Waals surface area contributed by atoms with Gasteiger partial charge in [0.15, 0.2) is 0 Å². The van der Waals surface area contributed by atoms with Crippen molar-refractivity contribution in [1.29, 1.82) is 0 Å². The van der Waals surface area contributed by atoms with Crippen LogP contribution < -0.4 is 5.32 Å². The Kier molecular flexibility index (Phi) is 4.02. The number of benzene rings is 1. The zero-order valence-corrected chi connectivity index (χ0v) is 10.7. The number of rotatable bonds is 4. The molecule has 0 bridgehead atoms. The number of phenolic OH excluding ortho intramolecular Hbond substituents is 1. The third-order valence-corrected chi connectivity index (χ3v) is 3.73. The SMILES string of the molecule is CC(NCC1CCCN1C)c1ccccc1O. The summed E-state index contributed by atoms with van der Waals surface area (Å²) in [4.78, 5) is 2.41. The molecule has 1 aliphatic rings. The summed E-state index contributed by atoms with van der Waals surface area (Å²) in [6, 6.07) is 8.39. The summed E-state index contributed by atoms with van der Waals surface area (Å²) in [6.07, 6.45) is 2.57. The van der Waals surface area contributed by atoms with Gasteiger partial charge in [-0.2, -0.15) is 0 Å². The van der Waals surface area contributed by atoms with Crippen molar-refractivity contribution in [2.24, 2.45) is 0 Å². The van der Waals surface area contributed by atoms with Crippen molar-refractivity contribution in [3.63, 3.8) is 0 Å². The van der Waals surface area contributed by atoms with E-state index in [-0.39, 0.29) is 6.04 Å². The fourth-order valence-corrected chi connectivity index (χ4v) is 2.51. The number of nitrogens with one attached hydrogen (secondary N) is 1. The third kappa shape index (κ3) is 2.99. The molecule has 1 aromatic carbocycles. The molecule has 1 heterocycles. The lowest BCUT2D eigenvalue weighted by molar-refractivity contribution is 0.293. The van der Waals surface area contributed by atoms with Crippen molar-refractivity contribution in [3.05, 3.63) is 29.8 Å². The maximum absolute atomic E-state index is 9.77. The minimum atomic E-state index is 0.199. The second-order valence-electron chi connectivity index (χ2n) is 4.97. The van der Waals surface area contributed by atoms with Gasteiger partial charge in [-0.15, -0.1) is 0 Å². The monoisotopic (exact) mass is 234 g/mol. The van der Waals surface area contributed by atoms with Crippen LogP contribution in [0.25, 0.3) is 0 Å². The van der Waals surface area contributed by atoms with Crippen molar-refractivity contribution in [3.8, 4) is 5.75 Å². The van der Waals surface area contributed by atoms with Crippen LogP contribution in [0.2, 0.25) is 0 Å². The van der Waals surface area contributed by atoms with E-state index in [0.717, 1.165) is 12.1 Å². The molecular weight excluding hydrogens is 212 g/mol. The normalized spacial score (nSPS) is 22.8. The minimum absolute atomic E-state index is 0.199. The molecule has 3 nitrogen and oxygen atoms in total. The average Bonchev–Trinajstić information content (AvgIpc) is 2.72. The number of phenols is 1. The molecule has 3 heteroatoms. The Bertz CT molecular complexity index is 367. The Hall–Kier alpha value is -1.06. The molecule has 2 atom stereocenters. The van der Waals surface area contributed by atoms with Gasteiger partial charge in [0.1, 0.15) is 5.75 Å². The molecule has 94 valence electrons. The van der Waals surface area contributed by atoms with Crippen LogP contribution in [0.15, 0.2) is 24.3 Å². The molecular formula is C14H22N2O. The summed E-state index contributed by atoms with van der Waals surface area (Å²) >= 11 is 0. The van der Waals surface area contributed by atoms with Gasteiger partial charge in [0.25, 0.3) is 0 Å². The first kappa shape index (κ1) is 12.4. The molecule has 2 unspecified atom stereocenters. The number of likely N-dealkylation sites (tertiary alicyclic amines) is 1. The zero-order valence-electron chi connectivity index (χ0n) is 10.7. The fraction of sp³-hybridized carbons (Fsp3) is 0.571. The molecule has 0 aliphatic carbocycles. The van der Waals surface area contributed by atoms with E-state index in [9.17, 15) is 5.11 Å². The number of hydrogen-bond donors (Lipinski definition) is 2. The van der Waals surface area contributed by atoms with Crippen LogP contribution in [0.3, 0.4) is 0 Å². The first-order valence-corrected chi connectivity index (χ1v) is 6.40. The Balaban J connectivity index is 1.89. The highest BCUT2D eigenvalue weighted by molar-refractivity contribution is 5.34. The van der Waals surface area contributed by atoms with E-state index >= 15 is 0 Å². The summed E-state index contributed by atoms with van der Waals surface area (Å²) in [6.45, 7) is 4.30. The highest BCUT2D eigenvalue weighted by Crippen LogP contribution is 2.23. The zero-order chi connectivity index (χ0) is 12.3. The molecule has 17 heavy (non-hydrogen) atoms. The van der Waals surface area contributed by atoms with Crippen LogP contribution in [0, 0.1) is 0 Å². The average molecular weight is 234 g/mol. The second-order valence-corrected chi connectivity index (χ2v) is 4.97. The van der Waals surface area contributed by atoms with Crippen LogP contribution in [0.1, 0.15) is 31.4 Å². The highest BCUT2D eigenvalue weighted by atomic mass is 16.3. The smallest absolute Gasteiger partial charge is 0.120 e. The predicted octanol–water partition coefficient (Wildman–Crippen LogP) is 2.14. The van der Waals surface area contributed by atoms with Crippen LogP contribution >= 0.6 is 0 Å². The summed E-state index contributed by atoms with van der Waals surface area (Å²) in [5, 5.41) is 13.3. The topological polar surface area (TPSA) is 35.5 Å². The van der Waals surface area contributed by atoms with E-state index in [2.05, 4.69) is 24.2 Å². The molecule has 0 amide bonds. The van der Waals surface area contributed by atoms with Crippen LogP contribution in [-0.2, 0) is 0 Å². The Morgan fingerprint density at radius 3 is 2.88 bits per heavy atom. The maximum atomic E-state index is 9.77. The molecule has 0 aromatic heterocycles. The molecule has 1 fully saturated rings. The number of hydrogen-bond acceptors (Lipinski definition) is 3. The predicted molar refractivity (Wildman–Crippen MR) is 70.2 cm³/mol. The van der Waals surface area contributed by atoms with Gasteiger partial charge in [-0.25, -0.2) is 0 Å². The lowest BCUT2D eigenvalue weighted by atomic mass is 10.1. The molecule has 2 rings (SSSR count). The maximum Gasteiger partial charge on any atom is 0.120 e. The van der Waals surface area contributed by atoms with Crippen LogP contribution in [-0.4, -0.2) is 36.2 Å². The van der Waals surface area contributed by atoms with Gasteiger partial charge in [0.2, 0.25) is 0 Å². The van der Waals surface area contributed by atoms with Crippen LogP contribution in [0.5, 0.6) is 5.75 Å². The van der Waals surface area contributed by atoms with E-state index in [1.54, 1.807) is 6.07 Å². The van der Waals surface area contributed by atoms with Gasteiger partial charge in [-0.3, -0.25) is 0 Å². The van der Waals surface area contributed by atoms with Crippen molar-refractivity contribution in [2.45, 2.75) is 31.8 Å². The molecule has 1 aliphatic heterocycles. The lowest BCUT2D eigenvalue weighted by Gasteiger charge is -2.23. The largest absolute Gasteiger partial charge is 0.508 e. The number of nitrogens with zero attached hydrogens (tertiary/aromatic N) is 1. The van der Waals surface area contributed by atoms with E-state index in [4.69, 9.17) is 0 Å². The Morgan fingerprint density at radius 2 is 2.24 bits per heavy atom. The quantitative estimate of drug-likeness (QED) is 0.838. The Morgan fingerprint density at radius 1 is 1.47 bits per heavy atom. The van der Waals surface area contributed by atoms with Crippen LogP contribution in [0.4, 0.5) is 0 Å². The lowest BCUT2D eigenvalue weighted by Crippen LogP contribution is -2.36. The highest BCUT2D eigenvalue weighted by Gasteiger charge is 2.21. The van der Waals surface area contributed by atoms with Crippen molar-refractivity contribution in [1.82, 2.24) is 10.2 Å². The molecule has 0 radical (unpaired) electrons. The first-order valence-electron chi connectivity index (χ1n) is 6.40. The first-order chi connectivity index (χ1) is 8.18. The molecule has 0 saturated carbocycles. The number of likely N-dealkylation sites (N-methyl/N-ethyl adjacent to an activating group) is 1. The third-order valence-electron chi connectivity index (χ3n) is 3.73. The van der Waals surface area contributed by atoms with Gasteiger partial charge in [0.05, 0.1) is 0 Å². The van der Waals surface area contributed by atoms with Gasteiger partial charge in [-0.1, -0.05) is 18.2 Å². The van der Waals surface area contributed by atoms with E-state index in [1.807, 2.05) is 18.2 Å². The number of para-hydroxylation sites is 1. The Labute approximate surface area is 103 Å². The minimum Gasteiger partial charge on any atom is -0.508 e. The number of aromatic hydroxyl groups is 1. The molecule has 2 N–H and O–H groups in total. The molecule has 0 spiro atoms. The van der Waals surface area contributed by atoms with E-state index in [0.29, 0.717) is 11.8 Å². The van der Waals surface area contributed by atoms with Gasteiger partial charge >= 0.3 is 0 Å². The fourth-order valence-electron chi connectivity index (χ4n) is 2.51. The van der Waals surface area contributed by atoms with E-state index < -0.39 is 0 Å². The second kappa shape index (κ2) is 5.52.